The molecule has 0 amide bonds. The van der Waals surface area contributed by atoms with Crippen molar-refractivity contribution in [1.82, 2.24) is 9.97 Å². The molecule has 1 aromatic heterocycles. The molecule has 0 N–H and O–H groups in total. The van der Waals surface area contributed by atoms with Crippen LogP contribution in [0.1, 0.15) is 11.5 Å². The zero-order valence-corrected chi connectivity index (χ0v) is 5.81. The van der Waals surface area contributed by atoms with Gasteiger partial charge in [-0.05, 0) is 13.0 Å². The lowest BCUT2D eigenvalue weighted by molar-refractivity contribution is 0.987. The predicted molar refractivity (Wildman–Crippen MR) is 35.2 cm³/mol. The van der Waals surface area contributed by atoms with E-state index in [1.165, 1.54) is 0 Å². The topological polar surface area (TPSA) is 25.8 Å². The summed E-state index contributed by atoms with van der Waals surface area (Å²) in [4.78, 5) is 7.81. The van der Waals surface area contributed by atoms with Gasteiger partial charge in [0.25, 0.3) is 0 Å². The summed E-state index contributed by atoms with van der Waals surface area (Å²) in [5, 5.41) is 0. The summed E-state index contributed by atoms with van der Waals surface area (Å²) in [5.41, 5.74) is 0.903. The van der Waals surface area contributed by atoms with Crippen molar-refractivity contribution in [3.8, 4) is 0 Å². The van der Waals surface area contributed by atoms with E-state index >= 15 is 0 Å². The van der Waals surface area contributed by atoms with Crippen molar-refractivity contribution in [2.24, 2.45) is 0 Å². The average Bonchev–Trinajstić information content (AvgIpc) is 1.88. The van der Waals surface area contributed by atoms with Gasteiger partial charge in [0, 0.05) is 5.69 Å². The summed E-state index contributed by atoms with van der Waals surface area (Å²) in [7, 11) is 0. The van der Waals surface area contributed by atoms with E-state index in [9.17, 15) is 0 Å². The molecule has 0 unspecified atom stereocenters. The first-order valence-electron chi connectivity index (χ1n) is 2.59. The third-order valence-electron chi connectivity index (χ3n) is 0.892. The van der Waals surface area contributed by atoms with Gasteiger partial charge in [-0.1, -0.05) is 0 Å². The van der Waals surface area contributed by atoms with E-state index in [1.54, 1.807) is 6.07 Å². The first-order valence-corrected chi connectivity index (χ1v) is 3.13. The van der Waals surface area contributed by atoms with Crippen molar-refractivity contribution >= 4 is 11.6 Å². The van der Waals surface area contributed by atoms with Gasteiger partial charge < -0.3 is 0 Å². The van der Waals surface area contributed by atoms with Crippen LogP contribution in [0.15, 0.2) is 6.07 Å². The van der Waals surface area contributed by atoms with E-state index in [0.29, 0.717) is 11.7 Å². The highest BCUT2D eigenvalue weighted by Crippen LogP contribution is 1.95. The van der Waals surface area contributed by atoms with Crippen LogP contribution < -0.4 is 0 Å². The van der Waals surface area contributed by atoms with Crippen LogP contribution in [0, 0.1) is 13.1 Å². The molecule has 0 saturated carbocycles. The van der Waals surface area contributed by atoms with Crippen LogP contribution in [-0.2, 0) is 5.88 Å². The van der Waals surface area contributed by atoms with Crippen LogP contribution in [0.25, 0.3) is 0 Å². The van der Waals surface area contributed by atoms with Gasteiger partial charge in [0.1, 0.15) is 5.82 Å². The number of hydrogen-bond acceptors (Lipinski definition) is 2. The van der Waals surface area contributed by atoms with Gasteiger partial charge in [-0.3, -0.25) is 0 Å². The standard InChI is InChI=1S/C6H6ClN2/c1-5-2-3-8-6(4-7)9-5/h2H,4H2,1H3. The van der Waals surface area contributed by atoms with Crippen LogP contribution in [0.4, 0.5) is 0 Å². The lowest BCUT2D eigenvalue weighted by Crippen LogP contribution is -1.91. The SMILES string of the molecule is Cc1c[c]nc(CCl)n1. The highest BCUT2D eigenvalue weighted by molar-refractivity contribution is 6.16. The monoisotopic (exact) mass is 141 g/mol. The van der Waals surface area contributed by atoms with Crippen molar-refractivity contribution in [3.63, 3.8) is 0 Å². The zero-order chi connectivity index (χ0) is 6.69. The van der Waals surface area contributed by atoms with Gasteiger partial charge >= 0.3 is 0 Å². The second kappa shape index (κ2) is 2.78. The number of nitrogens with zero attached hydrogens (tertiary/aromatic N) is 2. The van der Waals surface area contributed by atoms with E-state index in [0.717, 1.165) is 5.69 Å². The predicted octanol–water partition coefficient (Wildman–Crippen LogP) is 1.32. The van der Waals surface area contributed by atoms with Crippen LogP contribution in [-0.4, -0.2) is 9.97 Å². The molecular formula is C6H6ClN2. The molecule has 0 aliphatic rings. The summed E-state index contributed by atoms with van der Waals surface area (Å²) in [6, 6.07) is 1.72. The fourth-order valence-corrected chi connectivity index (χ4v) is 0.640. The molecular weight excluding hydrogens is 136 g/mol. The van der Waals surface area contributed by atoms with Crippen molar-refractivity contribution in [3.05, 3.63) is 23.8 Å². The normalized spacial score (nSPS) is 9.56. The number of aromatic nitrogens is 2. The van der Waals surface area contributed by atoms with E-state index in [2.05, 4.69) is 16.2 Å². The van der Waals surface area contributed by atoms with Crippen molar-refractivity contribution < 1.29 is 0 Å². The average molecular weight is 142 g/mol. The summed E-state index contributed by atoms with van der Waals surface area (Å²) < 4.78 is 0. The van der Waals surface area contributed by atoms with E-state index in [-0.39, 0.29) is 0 Å². The quantitative estimate of drug-likeness (QED) is 0.552. The molecule has 2 nitrogen and oxygen atoms in total. The van der Waals surface area contributed by atoms with Crippen LogP contribution in [0.5, 0.6) is 0 Å². The Kier molecular flexibility index (Phi) is 2.01. The molecule has 1 radical (unpaired) electrons. The maximum atomic E-state index is 5.45. The first kappa shape index (κ1) is 6.49. The molecule has 0 aliphatic heterocycles. The van der Waals surface area contributed by atoms with Crippen molar-refractivity contribution in [1.29, 1.82) is 0 Å². The van der Waals surface area contributed by atoms with Gasteiger partial charge in [0.05, 0.1) is 12.1 Å². The fraction of sp³-hybridized carbons (Fsp3) is 0.333. The third kappa shape index (κ3) is 1.64. The minimum absolute atomic E-state index is 0.359. The zero-order valence-electron chi connectivity index (χ0n) is 5.06. The maximum absolute atomic E-state index is 5.45. The molecule has 0 saturated heterocycles. The van der Waals surface area contributed by atoms with Crippen molar-refractivity contribution in [2.45, 2.75) is 12.8 Å². The molecule has 1 heterocycles. The lowest BCUT2D eigenvalue weighted by Gasteiger charge is -1.91. The lowest BCUT2D eigenvalue weighted by atomic mass is 10.4. The van der Waals surface area contributed by atoms with Gasteiger partial charge in [0.15, 0.2) is 0 Å². The first-order chi connectivity index (χ1) is 4.33. The molecule has 0 atom stereocenters. The number of aryl methyl sites for hydroxylation is 1. The second-order valence-corrected chi connectivity index (χ2v) is 1.96. The molecule has 1 rings (SSSR count). The largest absolute Gasteiger partial charge is 0.237 e. The van der Waals surface area contributed by atoms with Crippen LogP contribution >= 0.6 is 11.6 Å². The van der Waals surface area contributed by atoms with Gasteiger partial charge in [-0.15, -0.1) is 11.6 Å². The number of rotatable bonds is 1. The molecule has 0 bridgehead atoms. The highest BCUT2D eigenvalue weighted by atomic mass is 35.5. The molecule has 0 aliphatic carbocycles. The molecule has 1 aromatic rings. The Labute approximate surface area is 58.9 Å². The van der Waals surface area contributed by atoms with Crippen LogP contribution in [0.3, 0.4) is 0 Å². The van der Waals surface area contributed by atoms with Gasteiger partial charge in [0.2, 0.25) is 0 Å². The minimum Gasteiger partial charge on any atom is -0.237 e. The molecule has 9 heavy (non-hydrogen) atoms. The second-order valence-electron chi connectivity index (χ2n) is 1.69. The number of halogens is 1. The summed E-state index contributed by atoms with van der Waals surface area (Å²) in [6.45, 7) is 1.88. The van der Waals surface area contributed by atoms with E-state index in [1.807, 2.05) is 6.92 Å². The molecule has 0 spiro atoms. The number of hydrogen-bond donors (Lipinski definition) is 0. The summed E-state index contributed by atoms with van der Waals surface area (Å²) in [6.07, 6.45) is 2.68. The molecule has 47 valence electrons. The van der Waals surface area contributed by atoms with Gasteiger partial charge in [-0.25, -0.2) is 9.97 Å². The molecule has 0 fully saturated rings. The van der Waals surface area contributed by atoms with E-state index < -0.39 is 0 Å². The smallest absolute Gasteiger partial charge is 0.144 e. The fourth-order valence-electron chi connectivity index (χ4n) is 0.521. The van der Waals surface area contributed by atoms with Crippen molar-refractivity contribution in [2.75, 3.05) is 0 Å². The Morgan fingerprint density at radius 3 is 3.00 bits per heavy atom. The Balaban J connectivity index is 2.94. The Hall–Kier alpha value is -0.630. The highest BCUT2D eigenvalue weighted by Gasteiger charge is 1.91. The Morgan fingerprint density at radius 2 is 2.56 bits per heavy atom. The molecule has 0 aromatic carbocycles. The number of alkyl halides is 1. The minimum atomic E-state index is 0.359. The van der Waals surface area contributed by atoms with Gasteiger partial charge in [-0.2, -0.15) is 0 Å². The summed E-state index contributed by atoms with van der Waals surface area (Å²) >= 11 is 5.45. The maximum Gasteiger partial charge on any atom is 0.144 e. The summed E-state index contributed by atoms with van der Waals surface area (Å²) in [5.74, 6) is 0.995. The Morgan fingerprint density at radius 1 is 1.78 bits per heavy atom. The Bertz CT molecular complexity index is 200. The van der Waals surface area contributed by atoms with E-state index in [4.69, 9.17) is 11.6 Å². The molecule has 3 heteroatoms. The third-order valence-corrected chi connectivity index (χ3v) is 1.13. The van der Waals surface area contributed by atoms with Crippen LogP contribution in [0.2, 0.25) is 0 Å².